The molecule has 1 aromatic carbocycles. The van der Waals surface area contributed by atoms with Gasteiger partial charge in [0.05, 0.1) is 22.9 Å². The van der Waals surface area contributed by atoms with Crippen molar-refractivity contribution in [2.75, 3.05) is 24.1 Å². The van der Waals surface area contributed by atoms with E-state index in [9.17, 15) is 9.90 Å². The molecule has 1 atom stereocenters. The Balaban J connectivity index is 1.97. The second-order valence-electron chi connectivity index (χ2n) is 5.17. The van der Waals surface area contributed by atoms with Gasteiger partial charge in [-0.2, -0.15) is 0 Å². The van der Waals surface area contributed by atoms with Gasteiger partial charge in [-0.25, -0.2) is 0 Å². The van der Waals surface area contributed by atoms with Crippen LogP contribution in [0.15, 0.2) is 18.2 Å². The normalized spacial score (nSPS) is 18.8. The van der Waals surface area contributed by atoms with Gasteiger partial charge in [0.25, 0.3) is 0 Å². The molecule has 1 aromatic rings. The van der Waals surface area contributed by atoms with Gasteiger partial charge in [-0.05, 0) is 38.0 Å². The molecule has 0 aliphatic carbocycles. The molecule has 20 heavy (non-hydrogen) atoms. The lowest BCUT2D eigenvalue weighted by Crippen LogP contribution is -2.47. The van der Waals surface area contributed by atoms with Crippen LogP contribution < -0.4 is 11.1 Å². The van der Waals surface area contributed by atoms with Gasteiger partial charge < -0.3 is 16.2 Å². The summed E-state index contributed by atoms with van der Waals surface area (Å²) in [5, 5.41) is 12.7. The van der Waals surface area contributed by atoms with Crippen molar-refractivity contribution in [2.24, 2.45) is 0 Å². The Morgan fingerprint density at radius 3 is 2.75 bits per heavy atom. The summed E-state index contributed by atoms with van der Waals surface area (Å²) < 4.78 is 0. The third-order valence-corrected chi connectivity index (χ3v) is 3.99. The van der Waals surface area contributed by atoms with Crippen LogP contribution in [0.5, 0.6) is 0 Å². The Kier molecular flexibility index (Phi) is 4.86. The van der Waals surface area contributed by atoms with Crippen LogP contribution in [0.3, 0.4) is 0 Å². The van der Waals surface area contributed by atoms with Gasteiger partial charge in [-0.3, -0.25) is 9.69 Å². The number of hydrogen-bond acceptors (Lipinski definition) is 4. The van der Waals surface area contributed by atoms with E-state index in [4.69, 9.17) is 17.3 Å². The first kappa shape index (κ1) is 15.1. The molecule has 1 heterocycles. The van der Waals surface area contributed by atoms with E-state index < -0.39 is 0 Å². The first-order valence-corrected chi connectivity index (χ1v) is 7.13. The number of piperidine rings is 1. The Labute approximate surface area is 123 Å². The molecule has 0 aromatic heterocycles. The summed E-state index contributed by atoms with van der Waals surface area (Å²) in [5.74, 6) is -0.104. The average molecular weight is 298 g/mol. The number of carbonyl (C=O) groups excluding carboxylic acids is 1. The molecular weight excluding hydrogens is 278 g/mol. The van der Waals surface area contributed by atoms with Gasteiger partial charge in [0.2, 0.25) is 5.91 Å². The van der Waals surface area contributed by atoms with E-state index in [-0.39, 0.29) is 18.1 Å². The summed E-state index contributed by atoms with van der Waals surface area (Å²) in [6.07, 6.45) is 1.17. The first-order chi connectivity index (χ1) is 9.47. The molecule has 0 saturated carbocycles. The van der Waals surface area contributed by atoms with Crippen molar-refractivity contribution in [2.45, 2.75) is 31.9 Å². The quantitative estimate of drug-likeness (QED) is 0.742. The number of anilines is 2. The minimum atomic E-state index is -0.254. The number of likely N-dealkylation sites (tertiary alicyclic amines) is 1. The number of rotatable bonds is 3. The maximum atomic E-state index is 12.2. The fourth-order valence-corrected chi connectivity index (χ4v) is 2.55. The number of hydrogen-bond donors (Lipinski definition) is 3. The maximum Gasteiger partial charge on any atom is 0.241 e. The standard InChI is InChI=1S/C14H20ClN3O2/c1-9(18-6-4-11(19)5-7-18)14(20)17-13-3-2-10(16)8-12(13)15/h2-3,8-9,11,19H,4-7,16H2,1H3,(H,17,20). The van der Waals surface area contributed by atoms with Crippen molar-refractivity contribution in [3.63, 3.8) is 0 Å². The maximum absolute atomic E-state index is 12.2. The van der Waals surface area contributed by atoms with Gasteiger partial charge in [0.15, 0.2) is 0 Å². The number of nitrogens with zero attached hydrogens (tertiary/aromatic N) is 1. The van der Waals surface area contributed by atoms with Gasteiger partial charge in [-0.15, -0.1) is 0 Å². The summed E-state index contributed by atoms with van der Waals surface area (Å²) in [5.41, 5.74) is 6.74. The number of aliphatic hydroxyl groups excluding tert-OH is 1. The number of carbonyl (C=O) groups is 1. The molecule has 2 rings (SSSR count). The van der Waals surface area contributed by atoms with Gasteiger partial charge in [0.1, 0.15) is 0 Å². The van der Waals surface area contributed by atoms with Crippen molar-refractivity contribution in [1.82, 2.24) is 4.90 Å². The van der Waals surface area contributed by atoms with E-state index >= 15 is 0 Å². The van der Waals surface area contributed by atoms with E-state index in [2.05, 4.69) is 10.2 Å². The minimum Gasteiger partial charge on any atom is -0.399 e. The number of nitrogens with two attached hydrogens (primary N) is 1. The van der Waals surface area contributed by atoms with Gasteiger partial charge in [-0.1, -0.05) is 11.6 Å². The second-order valence-corrected chi connectivity index (χ2v) is 5.58. The molecule has 6 heteroatoms. The first-order valence-electron chi connectivity index (χ1n) is 6.75. The van der Waals surface area contributed by atoms with Crippen LogP contribution in [0.1, 0.15) is 19.8 Å². The number of halogens is 1. The Bertz CT molecular complexity index is 487. The minimum absolute atomic E-state index is 0.104. The Morgan fingerprint density at radius 1 is 1.50 bits per heavy atom. The molecule has 110 valence electrons. The van der Waals surface area contributed by atoms with Crippen molar-refractivity contribution < 1.29 is 9.90 Å². The summed E-state index contributed by atoms with van der Waals surface area (Å²) >= 11 is 6.04. The highest BCUT2D eigenvalue weighted by molar-refractivity contribution is 6.34. The van der Waals surface area contributed by atoms with Crippen LogP contribution in [0.2, 0.25) is 5.02 Å². The molecule has 4 N–H and O–H groups in total. The van der Waals surface area contributed by atoms with E-state index in [0.717, 1.165) is 13.1 Å². The predicted molar refractivity (Wildman–Crippen MR) is 80.8 cm³/mol. The number of amides is 1. The van der Waals surface area contributed by atoms with Gasteiger partial charge >= 0.3 is 0 Å². The number of aliphatic hydroxyl groups is 1. The summed E-state index contributed by atoms with van der Waals surface area (Å²) in [7, 11) is 0. The molecule has 1 unspecified atom stereocenters. The fourth-order valence-electron chi connectivity index (χ4n) is 2.31. The Hall–Kier alpha value is -1.30. The lowest BCUT2D eigenvalue weighted by molar-refractivity contribution is -0.121. The van der Waals surface area contributed by atoms with Crippen LogP contribution in [0.4, 0.5) is 11.4 Å². The van der Waals surface area contributed by atoms with E-state index in [1.807, 2.05) is 6.92 Å². The van der Waals surface area contributed by atoms with Crippen molar-refractivity contribution in [1.29, 1.82) is 0 Å². The zero-order valence-corrected chi connectivity index (χ0v) is 12.2. The molecule has 0 bridgehead atoms. The van der Waals surface area contributed by atoms with E-state index in [1.165, 1.54) is 0 Å². The average Bonchev–Trinajstić information content (AvgIpc) is 2.42. The number of nitrogens with one attached hydrogen (secondary N) is 1. The topological polar surface area (TPSA) is 78.6 Å². The zero-order chi connectivity index (χ0) is 14.7. The van der Waals surface area contributed by atoms with Crippen LogP contribution >= 0.6 is 11.6 Å². The molecule has 1 fully saturated rings. The van der Waals surface area contributed by atoms with E-state index in [1.54, 1.807) is 18.2 Å². The second kappa shape index (κ2) is 6.43. The highest BCUT2D eigenvalue weighted by atomic mass is 35.5. The number of nitrogen functional groups attached to an aromatic ring is 1. The van der Waals surface area contributed by atoms with Crippen LogP contribution in [-0.4, -0.2) is 41.1 Å². The fraction of sp³-hybridized carbons (Fsp3) is 0.500. The Morgan fingerprint density at radius 2 is 2.15 bits per heavy atom. The van der Waals surface area contributed by atoms with Crippen molar-refractivity contribution in [3.05, 3.63) is 23.2 Å². The summed E-state index contributed by atoms with van der Waals surface area (Å²) in [4.78, 5) is 14.3. The highest BCUT2D eigenvalue weighted by Crippen LogP contribution is 2.24. The summed E-state index contributed by atoms with van der Waals surface area (Å²) in [6.45, 7) is 3.31. The van der Waals surface area contributed by atoms with Crippen LogP contribution in [-0.2, 0) is 4.79 Å². The molecule has 1 aliphatic rings. The third-order valence-electron chi connectivity index (χ3n) is 3.68. The predicted octanol–water partition coefficient (Wildman–Crippen LogP) is 1.71. The molecule has 1 saturated heterocycles. The van der Waals surface area contributed by atoms with Crippen LogP contribution in [0.25, 0.3) is 0 Å². The van der Waals surface area contributed by atoms with Gasteiger partial charge in [0, 0.05) is 18.8 Å². The largest absolute Gasteiger partial charge is 0.399 e. The summed E-state index contributed by atoms with van der Waals surface area (Å²) in [6, 6.07) is 4.75. The SMILES string of the molecule is CC(C(=O)Nc1ccc(N)cc1Cl)N1CCC(O)CC1. The lowest BCUT2D eigenvalue weighted by atomic mass is 10.1. The molecule has 1 amide bonds. The zero-order valence-electron chi connectivity index (χ0n) is 11.5. The molecule has 0 spiro atoms. The van der Waals surface area contributed by atoms with Crippen molar-refractivity contribution in [3.8, 4) is 0 Å². The smallest absolute Gasteiger partial charge is 0.241 e. The molecule has 0 radical (unpaired) electrons. The molecule has 5 nitrogen and oxygen atoms in total. The van der Waals surface area contributed by atoms with Crippen LogP contribution in [0, 0.1) is 0 Å². The molecular formula is C14H20ClN3O2. The number of benzene rings is 1. The third kappa shape index (κ3) is 3.62. The highest BCUT2D eigenvalue weighted by Gasteiger charge is 2.25. The van der Waals surface area contributed by atoms with E-state index in [0.29, 0.717) is 29.2 Å². The molecule has 1 aliphatic heterocycles. The van der Waals surface area contributed by atoms with Crippen molar-refractivity contribution >= 4 is 28.9 Å². The monoisotopic (exact) mass is 297 g/mol. The lowest BCUT2D eigenvalue weighted by Gasteiger charge is -2.33.